The first-order valence-electron chi connectivity index (χ1n) is 3.69. The highest BCUT2D eigenvalue weighted by Gasteiger charge is 1.83. The van der Waals surface area contributed by atoms with Crippen LogP contribution in [0.2, 0.25) is 0 Å². The van der Waals surface area contributed by atoms with Gasteiger partial charge in [0, 0.05) is 10.2 Å². The van der Waals surface area contributed by atoms with Crippen LogP contribution >= 0.6 is 0 Å². The Morgan fingerprint density at radius 2 is 2.00 bits per heavy atom. The third-order valence-corrected chi connectivity index (χ3v) is 1.92. The van der Waals surface area contributed by atoms with Crippen molar-refractivity contribution in [3.63, 3.8) is 0 Å². The van der Waals surface area contributed by atoms with E-state index in [1.54, 1.807) is 0 Å². The molecular formula is C7H17Si. The van der Waals surface area contributed by atoms with Gasteiger partial charge in [-0.05, 0) is 0 Å². The van der Waals surface area contributed by atoms with Crippen LogP contribution in [0.1, 0.15) is 39.0 Å². The Balaban J connectivity index is 2.53. The maximum absolute atomic E-state index is 2.38. The summed E-state index contributed by atoms with van der Waals surface area (Å²) in [6.45, 7) is 2.25. The second kappa shape index (κ2) is 7.22. The summed E-state index contributed by atoms with van der Waals surface area (Å²) in [5, 5.41) is 0. The number of hydrogen-bond acceptors (Lipinski definition) is 0. The summed E-state index contributed by atoms with van der Waals surface area (Å²) in [7, 11) is 1.28. The molecule has 0 aromatic rings. The third kappa shape index (κ3) is 6.22. The highest BCUT2D eigenvalue weighted by molar-refractivity contribution is 6.14. The van der Waals surface area contributed by atoms with E-state index < -0.39 is 0 Å². The van der Waals surface area contributed by atoms with E-state index in [2.05, 4.69) is 13.0 Å². The van der Waals surface area contributed by atoms with Crippen LogP contribution in [-0.4, -0.2) is 10.2 Å². The van der Waals surface area contributed by atoms with Gasteiger partial charge in [0.1, 0.15) is 0 Å². The molecule has 8 heavy (non-hydrogen) atoms. The molecule has 0 aliphatic heterocycles. The van der Waals surface area contributed by atoms with Crippen LogP contribution in [-0.2, 0) is 0 Å². The van der Waals surface area contributed by atoms with Gasteiger partial charge in [-0.15, -0.1) is 0 Å². The lowest BCUT2D eigenvalue weighted by molar-refractivity contribution is 0.670. The zero-order chi connectivity index (χ0) is 6.24. The molecule has 0 aliphatic carbocycles. The van der Waals surface area contributed by atoms with Gasteiger partial charge < -0.3 is 0 Å². The van der Waals surface area contributed by atoms with E-state index in [0.29, 0.717) is 0 Å². The summed E-state index contributed by atoms with van der Waals surface area (Å²) >= 11 is 0. The van der Waals surface area contributed by atoms with Crippen molar-refractivity contribution in [1.29, 1.82) is 0 Å². The van der Waals surface area contributed by atoms with Gasteiger partial charge in [-0.2, -0.15) is 0 Å². The summed E-state index contributed by atoms with van der Waals surface area (Å²) in [6.07, 6.45) is 7.02. The monoisotopic (exact) mass is 129 g/mol. The molecule has 0 aromatic carbocycles. The minimum atomic E-state index is 1.28. The molecular weight excluding hydrogens is 112 g/mol. The van der Waals surface area contributed by atoms with Gasteiger partial charge in [0.2, 0.25) is 0 Å². The smallest absolute Gasteiger partial charge is 0.00667 e. The van der Waals surface area contributed by atoms with E-state index in [1.165, 1.54) is 42.3 Å². The molecule has 0 aliphatic rings. The fraction of sp³-hybridized carbons (Fsp3) is 0.857. The maximum atomic E-state index is 2.38. The molecule has 0 unspecified atom stereocenters. The Morgan fingerprint density at radius 1 is 1.25 bits per heavy atom. The summed E-state index contributed by atoms with van der Waals surface area (Å²) < 4.78 is 0. The van der Waals surface area contributed by atoms with E-state index in [4.69, 9.17) is 0 Å². The van der Waals surface area contributed by atoms with Crippen LogP contribution in [0.5, 0.6) is 0 Å². The summed E-state index contributed by atoms with van der Waals surface area (Å²) in [4.78, 5) is 0. The molecule has 0 nitrogen and oxygen atoms in total. The van der Waals surface area contributed by atoms with Crippen molar-refractivity contribution >= 4 is 10.2 Å². The zero-order valence-electron chi connectivity index (χ0n) is 6.11. The average Bonchev–Trinajstić information content (AvgIpc) is 1.81. The molecule has 0 atom stereocenters. The van der Waals surface area contributed by atoms with Crippen molar-refractivity contribution in [2.75, 3.05) is 0 Å². The molecule has 1 radical (unpaired) electrons. The summed E-state index contributed by atoms with van der Waals surface area (Å²) in [5.41, 5.74) is 0. The molecule has 49 valence electrons. The first kappa shape index (κ1) is 8.22. The highest BCUT2D eigenvalue weighted by Crippen LogP contribution is 2.01. The van der Waals surface area contributed by atoms with E-state index in [0.717, 1.165) is 0 Å². The lowest BCUT2D eigenvalue weighted by Crippen LogP contribution is -1.77. The molecule has 0 amide bonds. The Morgan fingerprint density at radius 3 is 2.50 bits per heavy atom. The molecule has 0 saturated heterocycles. The van der Waals surface area contributed by atoms with Gasteiger partial charge in [0.25, 0.3) is 0 Å². The number of rotatable bonds is 5. The molecule has 0 spiro atoms. The quantitative estimate of drug-likeness (QED) is 0.390. The Kier molecular flexibility index (Phi) is 7.41. The fourth-order valence-electron chi connectivity index (χ4n) is 0.775. The number of unbranched alkanes of at least 4 members (excludes halogenated alkanes) is 4. The van der Waals surface area contributed by atoms with Gasteiger partial charge >= 0.3 is 0 Å². The molecule has 0 saturated carbocycles. The minimum Gasteiger partial charge on any atom is -0.0654 e. The van der Waals surface area contributed by atoms with E-state index >= 15 is 0 Å². The lowest BCUT2D eigenvalue weighted by atomic mass is 10.2. The Hall–Kier alpha value is 0.217. The van der Waals surface area contributed by atoms with Crippen molar-refractivity contribution in [2.24, 2.45) is 0 Å². The van der Waals surface area contributed by atoms with Crippen LogP contribution in [0.3, 0.4) is 0 Å². The second-order valence-electron chi connectivity index (χ2n) is 2.26. The van der Waals surface area contributed by atoms with Gasteiger partial charge in [0.15, 0.2) is 0 Å². The maximum Gasteiger partial charge on any atom is 0.00667 e. The molecule has 1 heteroatoms. The predicted molar refractivity (Wildman–Crippen MR) is 43.0 cm³/mol. The molecule has 0 heterocycles. The van der Waals surface area contributed by atoms with Crippen molar-refractivity contribution in [2.45, 2.75) is 39.0 Å². The van der Waals surface area contributed by atoms with Crippen LogP contribution in [0.15, 0.2) is 0 Å². The zero-order valence-corrected chi connectivity index (χ0v) is 8.11. The normalized spacial score (nSPS) is 10.1. The molecule has 0 bridgehead atoms. The SMILES string of the molecule is CCCCCC[CH][SiH3]. The lowest BCUT2D eigenvalue weighted by Gasteiger charge is -1.93. The van der Waals surface area contributed by atoms with E-state index in [1.807, 2.05) is 0 Å². The summed E-state index contributed by atoms with van der Waals surface area (Å²) in [5.74, 6) is 0. The van der Waals surface area contributed by atoms with Crippen LogP contribution in [0.25, 0.3) is 0 Å². The molecule has 0 N–H and O–H groups in total. The Bertz CT molecular complexity index is 29.4. The molecule has 0 fully saturated rings. The minimum absolute atomic E-state index is 1.28. The first-order chi connectivity index (χ1) is 3.91. The van der Waals surface area contributed by atoms with Crippen LogP contribution in [0, 0.1) is 6.04 Å². The molecule has 0 rings (SSSR count). The first-order valence-corrected chi connectivity index (χ1v) is 4.85. The molecule has 0 aromatic heterocycles. The largest absolute Gasteiger partial charge is 0.0654 e. The van der Waals surface area contributed by atoms with Crippen LogP contribution < -0.4 is 0 Å². The van der Waals surface area contributed by atoms with Gasteiger partial charge in [-0.1, -0.05) is 45.1 Å². The van der Waals surface area contributed by atoms with Crippen molar-refractivity contribution in [3.05, 3.63) is 6.04 Å². The summed E-state index contributed by atoms with van der Waals surface area (Å²) in [6, 6.07) is 2.38. The second-order valence-corrected chi connectivity index (χ2v) is 3.07. The average molecular weight is 129 g/mol. The van der Waals surface area contributed by atoms with Crippen molar-refractivity contribution < 1.29 is 0 Å². The number of hydrogen-bond donors (Lipinski definition) is 0. The highest BCUT2D eigenvalue weighted by atomic mass is 28.1. The van der Waals surface area contributed by atoms with E-state index in [-0.39, 0.29) is 0 Å². The predicted octanol–water partition coefficient (Wildman–Crippen LogP) is 1.48. The van der Waals surface area contributed by atoms with Gasteiger partial charge in [0.05, 0.1) is 0 Å². The standard InChI is InChI=1S/C7H17Si/c1-2-3-4-5-6-7-8/h7H,2-6H2,1,8H3. The van der Waals surface area contributed by atoms with Crippen molar-refractivity contribution in [3.8, 4) is 0 Å². The van der Waals surface area contributed by atoms with E-state index in [9.17, 15) is 0 Å². The van der Waals surface area contributed by atoms with Gasteiger partial charge in [-0.25, -0.2) is 0 Å². The van der Waals surface area contributed by atoms with Crippen molar-refractivity contribution in [1.82, 2.24) is 0 Å². The van der Waals surface area contributed by atoms with Crippen LogP contribution in [0.4, 0.5) is 0 Å². The van der Waals surface area contributed by atoms with Gasteiger partial charge in [-0.3, -0.25) is 0 Å². The third-order valence-electron chi connectivity index (χ3n) is 1.35. The topological polar surface area (TPSA) is 0 Å². The Labute approximate surface area is 56.1 Å². The fourth-order valence-corrected chi connectivity index (χ4v) is 1.18.